The minimum atomic E-state index is -2.54. The number of nitrogens with two attached hydrogens (primary N) is 1. The molecule has 3 aromatic carbocycles. The third-order valence-corrected chi connectivity index (χ3v) is 16.6. The molecule has 0 aliphatic carbocycles. The van der Waals surface area contributed by atoms with Gasteiger partial charge in [-0.2, -0.15) is 5.10 Å². The van der Waals surface area contributed by atoms with Crippen LogP contribution in [0.4, 0.5) is 0 Å². The van der Waals surface area contributed by atoms with Crippen molar-refractivity contribution >= 4 is 75.9 Å². The number of nitrogens with one attached hydrogen (secondary N) is 5. The first-order chi connectivity index (χ1) is 42.9. The number of phenols is 1. The number of hydrogen-bond acceptors (Lipinski definition) is 25. The van der Waals surface area contributed by atoms with Crippen LogP contribution in [0.15, 0.2) is 72.9 Å². The maximum atomic E-state index is 14.7. The number of carbonyl (C=O) groups excluding carboxylic acids is 8. The van der Waals surface area contributed by atoms with Gasteiger partial charge in [-0.1, -0.05) is 49.8 Å². The molecule has 35 heteroatoms. The Labute approximate surface area is 548 Å². The second kappa shape index (κ2) is 31.9. The number of aromatic nitrogens is 3. The van der Waals surface area contributed by atoms with Crippen molar-refractivity contribution in [1.29, 1.82) is 0 Å². The summed E-state index contributed by atoms with van der Waals surface area (Å²) in [6.45, 7) is 3.36. The second-order valence-electron chi connectivity index (χ2n) is 21.9. The Balaban J connectivity index is 0.0000118. The number of imidazole rings is 1. The number of nitrogens with zero attached hydrogens (tertiary/aromatic N) is 5. The molecule has 14 atom stereocenters. The van der Waals surface area contributed by atoms with Gasteiger partial charge in [-0.05, 0) is 67.4 Å². The summed E-state index contributed by atoms with van der Waals surface area (Å²) in [7, 11) is 0. The summed E-state index contributed by atoms with van der Waals surface area (Å²) in [6, 6.07) is 4.10. The van der Waals surface area contributed by atoms with Gasteiger partial charge in [-0.3, -0.25) is 43.4 Å². The Morgan fingerprint density at radius 3 is 2.18 bits per heavy atom. The summed E-state index contributed by atoms with van der Waals surface area (Å²) in [5.74, 6) is -11.3. The zero-order valence-electron chi connectivity index (χ0n) is 49.4. The quantitative estimate of drug-likeness (QED) is 0.0120. The number of benzene rings is 3. The fourth-order valence-electron chi connectivity index (χ4n) is 10.5. The number of amides is 8. The number of ether oxygens (including phenoxy) is 1. The van der Waals surface area contributed by atoms with Gasteiger partial charge in [-0.15, -0.1) is 4.33 Å². The van der Waals surface area contributed by atoms with Crippen molar-refractivity contribution in [3.8, 4) is 39.1 Å². The van der Waals surface area contributed by atoms with Crippen molar-refractivity contribution in [2.45, 2.75) is 132 Å². The first-order valence-electron chi connectivity index (χ1n) is 28.4. The van der Waals surface area contributed by atoms with Crippen LogP contribution in [0, 0.1) is 5.92 Å². The van der Waals surface area contributed by atoms with Gasteiger partial charge in [0.15, 0.2) is 11.5 Å². The van der Waals surface area contributed by atoms with E-state index >= 15 is 0 Å². The number of aliphatic hydroxyl groups is 7. The molecule has 3 aliphatic heterocycles. The normalized spacial score (nSPS) is 25.1. The van der Waals surface area contributed by atoms with E-state index in [4.69, 9.17) is 19.6 Å². The van der Waals surface area contributed by atoms with Crippen LogP contribution in [0.3, 0.4) is 0 Å². The minimum absolute atomic E-state index is 0. The summed E-state index contributed by atoms with van der Waals surface area (Å²) in [5.41, 5.74) is 6.93. The summed E-state index contributed by atoms with van der Waals surface area (Å²) in [4.78, 5) is 120. The van der Waals surface area contributed by atoms with E-state index in [0.29, 0.717) is 27.8 Å². The molecule has 8 rings (SSSR count). The maximum absolute atomic E-state index is 14.7. The van der Waals surface area contributed by atoms with Crippen LogP contribution >= 0.6 is 23.7 Å². The van der Waals surface area contributed by atoms with E-state index in [2.05, 4.69) is 48.0 Å². The molecule has 0 bridgehead atoms. The summed E-state index contributed by atoms with van der Waals surface area (Å²) in [5, 5.41) is 121. The van der Waals surface area contributed by atoms with Crippen molar-refractivity contribution in [1.82, 2.24) is 51.0 Å². The molecular formula is C56H68N11NaO21S2. The van der Waals surface area contributed by atoms with Crippen molar-refractivity contribution in [3.05, 3.63) is 84.1 Å². The monoisotopic (exact) mass is 1320 g/mol. The molecular weight excluding hydrogens is 1250 g/mol. The molecule has 0 spiro atoms. The molecule has 486 valence electrons. The Kier molecular flexibility index (Phi) is 25.0. The third kappa shape index (κ3) is 17.3. The molecule has 13 unspecified atom stereocenters. The smallest absolute Gasteiger partial charge is 0.691 e. The predicted molar refractivity (Wildman–Crippen MR) is 311 cm³/mol. The topological polar surface area (TPSA) is 481 Å². The maximum Gasteiger partial charge on any atom is 1.00 e. The van der Waals surface area contributed by atoms with Crippen LogP contribution in [-0.4, -0.2) is 212 Å². The molecule has 91 heavy (non-hydrogen) atoms. The standard InChI is InChI=1S/C56H69N11O21S2.Na/c1-4-5-16-85-33-13-10-29(11-14-33)53-64-67-24-35(60-56(67)89-53)27-6-8-28(9-7-27)48(77)59-34-18-31(69)21-58-52(81)44-45(74)25(2)22-66(44)55(83)42(38(72)20-40(57)73)62-51(80)43(47(76)46(75)30-12-15-37(71)39(17-30)86-90-88-87-84)63-50(79)36-19-32(70)23-65(36)54(82)41(26(3)68)61-49(34)78;/h6-15,17,24-26,31-32,34,36,38,41-47,68-72,74-76,84H,4-5,16,18-23H2,1-3H3,(H2,57,73)(H,58,81)(H,59,77)(H,61,78)(H,62,80)(H,63,79);/q;+1/p-1/t25?,26?,31?,32?,34-,36?,38?,41?,42?,43?,44?,45?,46?,47?;/m0./s1. The largest absolute Gasteiger partial charge is 1.00 e. The van der Waals surface area contributed by atoms with E-state index in [1.54, 1.807) is 22.8 Å². The Hall–Kier alpha value is -7.13. The zero-order valence-corrected chi connectivity index (χ0v) is 53.0. The van der Waals surface area contributed by atoms with Crippen LogP contribution < -0.4 is 76.1 Å². The number of phenolic OH excluding ortho intramolecular Hbond substituents is 1. The first-order valence-corrected chi connectivity index (χ1v) is 29.8. The molecule has 3 fully saturated rings. The van der Waals surface area contributed by atoms with Crippen molar-refractivity contribution < 1.29 is 132 Å². The summed E-state index contributed by atoms with van der Waals surface area (Å²) < 4.78 is 16.4. The fraction of sp³-hybridized carbons (Fsp3) is 0.464. The van der Waals surface area contributed by atoms with E-state index in [1.165, 1.54) is 30.4 Å². The molecule has 8 amide bonds. The molecule has 3 aliphatic rings. The Morgan fingerprint density at radius 2 is 1.52 bits per heavy atom. The number of hydrogen-bond donors (Lipinski definition) is 14. The Bertz CT molecular complexity index is 3370. The van der Waals surface area contributed by atoms with Gasteiger partial charge in [0.2, 0.25) is 46.3 Å². The van der Waals surface area contributed by atoms with Crippen LogP contribution in [-0.2, 0) is 42.9 Å². The minimum Gasteiger partial charge on any atom is -0.691 e. The average Bonchev–Trinajstić information content (AvgIpc) is 1.78. The van der Waals surface area contributed by atoms with Gasteiger partial charge in [-0.25, -0.2) is 9.50 Å². The second-order valence-corrected chi connectivity index (χ2v) is 23.3. The van der Waals surface area contributed by atoms with Gasteiger partial charge >= 0.3 is 29.6 Å². The summed E-state index contributed by atoms with van der Waals surface area (Å²) in [6.07, 6.45) is -12.6. The number of carbonyl (C=O) groups is 8. The molecule has 0 saturated carbocycles. The Morgan fingerprint density at radius 1 is 0.846 bits per heavy atom. The van der Waals surface area contributed by atoms with Crippen LogP contribution in [0.25, 0.3) is 26.8 Å². The van der Waals surface area contributed by atoms with Crippen molar-refractivity contribution in [2.75, 3.05) is 26.2 Å². The number of unbranched alkanes of at least 4 members (excludes halogenated alkanes) is 1. The van der Waals surface area contributed by atoms with Crippen LogP contribution in [0.5, 0.6) is 17.2 Å². The van der Waals surface area contributed by atoms with Gasteiger partial charge in [0, 0.05) is 55.1 Å². The zero-order chi connectivity index (χ0) is 65.2. The number of primary amides is 1. The first kappa shape index (κ1) is 71.3. The van der Waals surface area contributed by atoms with E-state index in [-0.39, 0.29) is 53.0 Å². The molecule has 3 saturated heterocycles. The number of aromatic hydroxyl groups is 1. The van der Waals surface area contributed by atoms with E-state index < -0.39 is 183 Å². The average molecular weight is 1320 g/mol. The molecule has 5 aromatic rings. The molecule has 32 nitrogen and oxygen atoms in total. The third-order valence-electron chi connectivity index (χ3n) is 15.3. The molecule has 5 heterocycles. The van der Waals surface area contributed by atoms with Gasteiger partial charge in [0.05, 0.1) is 55.4 Å². The van der Waals surface area contributed by atoms with Gasteiger partial charge in [0.25, 0.3) is 18.2 Å². The molecule has 15 N–H and O–H groups in total. The van der Waals surface area contributed by atoms with Crippen LogP contribution in [0.2, 0.25) is 0 Å². The molecule has 0 radical (unpaired) electrons. The summed E-state index contributed by atoms with van der Waals surface area (Å²) >= 11 is 1.26. The predicted octanol–water partition coefficient (Wildman–Crippen LogP) is -6.51. The van der Waals surface area contributed by atoms with Gasteiger partial charge < -0.3 is 97.1 Å². The number of fused-ring (bicyclic) bond motifs is 3. The van der Waals surface area contributed by atoms with E-state index in [9.17, 15) is 84.5 Å². The van der Waals surface area contributed by atoms with Crippen LogP contribution in [0.1, 0.15) is 74.9 Å². The van der Waals surface area contributed by atoms with Crippen molar-refractivity contribution in [2.24, 2.45) is 11.7 Å². The number of β-amino-alcohol motifs (C(OH)–C–C–N with tert-alkyl or cyclic N) is 1. The molecule has 2 aromatic heterocycles. The fourth-order valence-corrected chi connectivity index (χ4v) is 11.6. The number of rotatable bonds is 19. The van der Waals surface area contributed by atoms with E-state index in [1.807, 2.05) is 24.3 Å². The SMILES string of the molecule is CCCCOc1ccc(-c2nn3cc(-c4ccc(C(=O)N[C@H]5CC(O)CNC(=O)C6C(O)C(C)CN6C(=O)C(C(O)CC(N)=O)NC(=O)C(C(O)C(O)c6ccc(O)c(OSOO[O-])c6)NC(=O)C6CC(O)CN6C(=O)C(C(C)O)NC5=O)cc4)nc3s2)cc1.[Na+]. The van der Waals surface area contributed by atoms with Crippen molar-refractivity contribution in [3.63, 3.8) is 0 Å². The van der Waals surface area contributed by atoms with Gasteiger partial charge in [0.1, 0.15) is 59.2 Å². The van der Waals surface area contributed by atoms with E-state index in [0.717, 1.165) is 59.1 Å². The number of aliphatic hydroxyl groups excluding tert-OH is 7.